The molecule has 0 unspecified atom stereocenters. The first-order valence-corrected chi connectivity index (χ1v) is 3.37. The van der Waals surface area contributed by atoms with E-state index in [1.165, 1.54) is 0 Å². The third-order valence-electron chi connectivity index (χ3n) is 0.471. The third-order valence-corrected chi connectivity index (χ3v) is 1.41. The second kappa shape index (κ2) is 10.7. The monoisotopic (exact) mass is 138 g/mol. The first-order chi connectivity index (χ1) is 3.41. The molecule has 0 aliphatic carbocycles. The molecule has 2 heteroatoms. The summed E-state index contributed by atoms with van der Waals surface area (Å²) in [6.07, 6.45) is 3.79. The van der Waals surface area contributed by atoms with E-state index in [2.05, 4.69) is 13.2 Å². The van der Waals surface area contributed by atoms with Gasteiger partial charge >= 0.3 is 29.6 Å². The Balaban J connectivity index is 0. The molecule has 0 radical (unpaired) electrons. The molecule has 0 heterocycles. The van der Waals surface area contributed by atoms with Crippen LogP contribution in [0.4, 0.5) is 0 Å². The van der Waals surface area contributed by atoms with Crippen molar-refractivity contribution in [2.24, 2.45) is 0 Å². The Morgan fingerprint density at radius 3 is 1.75 bits per heavy atom. The minimum absolute atomic E-state index is 0. The Kier molecular flexibility index (Phi) is 15.6. The molecule has 0 N–H and O–H groups in total. The van der Waals surface area contributed by atoms with Crippen molar-refractivity contribution >= 4 is 41.3 Å². The van der Waals surface area contributed by atoms with Crippen LogP contribution in [-0.2, 0) is 0 Å². The van der Waals surface area contributed by atoms with Crippen molar-refractivity contribution in [2.75, 3.05) is 11.5 Å². The zero-order valence-corrected chi connectivity index (χ0v) is 5.21. The molecule has 0 saturated heterocycles. The summed E-state index contributed by atoms with van der Waals surface area (Å²) in [5.41, 5.74) is 0. The molecule has 0 atom stereocenters. The summed E-state index contributed by atoms with van der Waals surface area (Å²) in [7, 11) is 0. The van der Waals surface area contributed by atoms with E-state index in [0.717, 1.165) is 11.5 Å². The first-order valence-electron chi connectivity index (χ1n) is 2.21. The van der Waals surface area contributed by atoms with Gasteiger partial charge in [-0.1, -0.05) is 12.2 Å². The normalized spacial score (nSPS) is 7.00. The van der Waals surface area contributed by atoms with Gasteiger partial charge in [0.15, 0.2) is 0 Å². The fourth-order valence-electron chi connectivity index (χ4n) is 0.235. The van der Waals surface area contributed by atoms with Crippen LogP contribution in [-0.4, -0.2) is 41.1 Å². The van der Waals surface area contributed by atoms with Gasteiger partial charge in [0.05, 0.1) is 0 Å². The molecular formula is C6H11NaS. The van der Waals surface area contributed by atoms with Crippen LogP contribution >= 0.6 is 11.8 Å². The number of thioether (sulfide) groups is 1. The van der Waals surface area contributed by atoms with Gasteiger partial charge in [-0.25, -0.2) is 0 Å². The second-order valence-corrected chi connectivity index (χ2v) is 2.19. The predicted octanol–water partition coefficient (Wildman–Crippen LogP) is 1.44. The van der Waals surface area contributed by atoms with Gasteiger partial charge in [-0.3, -0.25) is 0 Å². The number of hydrogen-bond donors (Lipinski definition) is 0. The van der Waals surface area contributed by atoms with E-state index in [-0.39, 0.29) is 29.6 Å². The van der Waals surface area contributed by atoms with Crippen molar-refractivity contribution in [3.8, 4) is 0 Å². The molecule has 0 amide bonds. The van der Waals surface area contributed by atoms with Gasteiger partial charge in [0, 0.05) is 11.5 Å². The Labute approximate surface area is 77.7 Å². The molecule has 0 aromatic carbocycles. The Hall–Kier alpha value is 0.830. The summed E-state index contributed by atoms with van der Waals surface area (Å²) < 4.78 is 0. The fourth-order valence-corrected chi connectivity index (χ4v) is 0.704. The van der Waals surface area contributed by atoms with E-state index in [0.29, 0.717) is 0 Å². The van der Waals surface area contributed by atoms with Crippen LogP contribution in [0.15, 0.2) is 25.3 Å². The molecule has 0 bridgehead atoms. The van der Waals surface area contributed by atoms with Crippen LogP contribution < -0.4 is 0 Å². The van der Waals surface area contributed by atoms with Gasteiger partial charge in [-0.2, -0.15) is 11.8 Å². The van der Waals surface area contributed by atoms with E-state index < -0.39 is 0 Å². The van der Waals surface area contributed by atoms with Gasteiger partial charge < -0.3 is 0 Å². The zero-order valence-electron chi connectivity index (χ0n) is 4.39. The fraction of sp³-hybridized carbons (Fsp3) is 0.333. The number of rotatable bonds is 4. The summed E-state index contributed by atoms with van der Waals surface area (Å²) in [5, 5.41) is 0. The average molecular weight is 138 g/mol. The van der Waals surface area contributed by atoms with Crippen molar-refractivity contribution in [1.82, 2.24) is 0 Å². The minimum atomic E-state index is 0. The van der Waals surface area contributed by atoms with Gasteiger partial charge in [0.25, 0.3) is 0 Å². The standard InChI is InChI=1S/C6H10S.Na.H/c1-3-5-7-6-4-2;;/h3-4H,1-2,5-6H2;;. The van der Waals surface area contributed by atoms with Crippen LogP contribution in [0.5, 0.6) is 0 Å². The zero-order chi connectivity index (χ0) is 5.54. The van der Waals surface area contributed by atoms with E-state index in [4.69, 9.17) is 0 Å². The third kappa shape index (κ3) is 9.95. The molecule has 8 heavy (non-hydrogen) atoms. The molecule has 0 saturated carbocycles. The van der Waals surface area contributed by atoms with E-state index >= 15 is 0 Å². The van der Waals surface area contributed by atoms with Crippen molar-refractivity contribution in [3.05, 3.63) is 25.3 Å². The van der Waals surface area contributed by atoms with E-state index in [1.807, 2.05) is 23.9 Å². The molecule has 0 aliphatic rings. The average Bonchev–Trinajstić information content (AvgIpc) is 1.69. The van der Waals surface area contributed by atoms with E-state index in [1.54, 1.807) is 0 Å². The van der Waals surface area contributed by atoms with Crippen molar-refractivity contribution in [1.29, 1.82) is 0 Å². The van der Waals surface area contributed by atoms with Gasteiger partial charge in [-0.05, 0) is 0 Å². The van der Waals surface area contributed by atoms with Crippen molar-refractivity contribution < 1.29 is 0 Å². The SMILES string of the molecule is C=CCSCC=C.[NaH]. The summed E-state index contributed by atoms with van der Waals surface area (Å²) in [4.78, 5) is 0. The summed E-state index contributed by atoms with van der Waals surface area (Å²) in [6, 6.07) is 0. The van der Waals surface area contributed by atoms with Crippen LogP contribution in [0.3, 0.4) is 0 Å². The second-order valence-electron chi connectivity index (χ2n) is 1.11. The summed E-state index contributed by atoms with van der Waals surface area (Å²) in [5.74, 6) is 2.07. The Morgan fingerprint density at radius 2 is 1.50 bits per heavy atom. The Morgan fingerprint density at radius 1 is 1.12 bits per heavy atom. The maximum absolute atomic E-state index is 3.58. The molecule has 0 aromatic heterocycles. The molecule has 0 aliphatic heterocycles. The van der Waals surface area contributed by atoms with Crippen molar-refractivity contribution in [3.63, 3.8) is 0 Å². The molecular weight excluding hydrogens is 127 g/mol. The molecule has 42 valence electrons. The van der Waals surface area contributed by atoms with Gasteiger partial charge in [-0.15, -0.1) is 13.2 Å². The summed E-state index contributed by atoms with van der Waals surface area (Å²) >= 11 is 1.82. The van der Waals surface area contributed by atoms with Crippen molar-refractivity contribution in [2.45, 2.75) is 0 Å². The molecule has 0 rings (SSSR count). The van der Waals surface area contributed by atoms with Crippen LogP contribution in [0.1, 0.15) is 0 Å². The quantitative estimate of drug-likeness (QED) is 0.322. The van der Waals surface area contributed by atoms with E-state index in [9.17, 15) is 0 Å². The topological polar surface area (TPSA) is 0 Å². The molecule has 0 fully saturated rings. The van der Waals surface area contributed by atoms with Gasteiger partial charge in [0.2, 0.25) is 0 Å². The molecule has 0 aromatic rings. The summed E-state index contributed by atoms with van der Waals surface area (Å²) in [6.45, 7) is 7.15. The Bertz CT molecular complexity index is 53.5. The first kappa shape index (κ1) is 11.6. The molecule has 0 spiro atoms. The van der Waals surface area contributed by atoms with Crippen LogP contribution in [0, 0.1) is 0 Å². The molecule has 0 nitrogen and oxygen atoms in total. The van der Waals surface area contributed by atoms with Gasteiger partial charge in [0.1, 0.15) is 0 Å². The van der Waals surface area contributed by atoms with Crippen LogP contribution in [0.2, 0.25) is 0 Å². The number of hydrogen-bond acceptors (Lipinski definition) is 1. The maximum atomic E-state index is 3.58. The predicted molar refractivity (Wildman–Crippen MR) is 44.9 cm³/mol. The van der Waals surface area contributed by atoms with Crippen LogP contribution in [0.25, 0.3) is 0 Å².